The van der Waals surface area contributed by atoms with E-state index < -0.39 is 5.60 Å². The number of para-hydroxylation sites is 1. The van der Waals surface area contributed by atoms with Crippen molar-refractivity contribution in [3.63, 3.8) is 0 Å². The van der Waals surface area contributed by atoms with Gasteiger partial charge in [0.1, 0.15) is 5.75 Å². The molecule has 1 fully saturated rings. The molecule has 0 amide bonds. The SMILES string of the molecule is CN1CCC(c2ccccc2OCCC(C)(C)O)CC1. The third-order valence-corrected chi connectivity index (χ3v) is 4.05. The van der Waals surface area contributed by atoms with E-state index >= 15 is 0 Å². The summed E-state index contributed by atoms with van der Waals surface area (Å²) in [5, 5.41) is 9.76. The average molecular weight is 277 g/mol. The molecule has 2 rings (SSSR count). The Balaban J connectivity index is 1.99. The molecule has 1 aliphatic rings. The number of nitrogens with zero attached hydrogens (tertiary/aromatic N) is 1. The van der Waals surface area contributed by atoms with E-state index in [1.807, 2.05) is 19.9 Å². The fourth-order valence-corrected chi connectivity index (χ4v) is 2.68. The molecule has 0 bridgehead atoms. The maximum absolute atomic E-state index is 9.76. The van der Waals surface area contributed by atoms with Crippen LogP contribution in [0.4, 0.5) is 0 Å². The first-order valence-corrected chi connectivity index (χ1v) is 7.58. The van der Waals surface area contributed by atoms with E-state index in [1.165, 1.54) is 18.4 Å². The fraction of sp³-hybridized carbons (Fsp3) is 0.647. The van der Waals surface area contributed by atoms with E-state index in [1.54, 1.807) is 0 Å². The second kappa shape index (κ2) is 6.59. The van der Waals surface area contributed by atoms with Crippen molar-refractivity contribution >= 4 is 0 Å². The summed E-state index contributed by atoms with van der Waals surface area (Å²) in [5.74, 6) is 1.59. The van der Waals surface area contributed by atoms with E-state index in [0.29, 0.717) is 18.9 Å². The van der Waals surface area contributed by atoms with Gasteiger partial charge in [-0.05, 0) is 64.4 Å². The molecule has 1 saturated heterocycles. The maximum Gasteiger partial charge on any atom is 0.122 e. The predicted octanol–water partition coefficient (Wildman–Crippen LogP) is 3.04. The van der Waals surface area contributed by atoms with Crippen LogP contribution in [0.15, 0.2) is 24.3 Å². The lowest BCUT2D eigenvalue weighted by Gasteiger charge is -2.30. The van der Waals surface area contributed by atoms with Crippen LogP contribution in [0, 0.1) is 0 Å². The van der Waals surface area contributed by atoms with Crippen LogP contribution in [0.2, 0.25) is 0 Å². The second-order valence-electron chi connectivity index (χ2n) is 6.53. The highest BCUT2D eigenvalue weighted by Gasteiger charge is 2.21. The Morgan fingerprint density at radius 3 is 2.55 bits per heavy atom. The predicted molar refractivity (Wildman–Crippen MR) is 82.3 cm³/mol. The molecule has 20 heavy (non-hydrogen) atoms. The largest absolute Gasteiger partial charge is 0.493 e. The van der Waals surface area contributed by atoms with E-state index in [4.69, 9.17) is 4.74 Å². The van der Waals surface area contributed by atoms with Crippen LogP contribution in [0.1, 0.15) is 44.6 Å². The first-order chi connectivity index (χ1) is 9.46. The Hall–Kier alpha value is -1.06. The van der Waals surface area contributed by atoms with Crippen LogP contribution in [0.5, 0.6) is 5.75 Å². The van der Waals surface area contributed by atoms with Crippen LogP contribution in [0.25, 0.3) is 0 Å². The second-order valence-corrected chi connectivity index (χ2v) is 6.53. The zero-order valence-electron chi connectivity index (χ0n) is 12.9. The molecule has 1 aromatic rings. The molecule has 0 atom stereocenters. The molecule has 1 aliphatic heterocycles. The van der Waals surface area contributed by atoms with Gasteiger partial charge >= 0.3 is 0 Å². The minimum absolute atomic E-state index is 0.563. The van der Waals surface area contributed by atoms with Gasteiger partial charge in [0.15, 0.2) is 0 Å². The van der Waals surface area contributed by atoms with Crippen molar-refractivity contribution in [3.05, 3.63) is 29.8 Å². The third-order valence-electron chi connectivity index (χ3n) is 4.05. The van der Waals surface area contributed by atoms with E-state index in [2.05, 4.69) is 30.1 Å². The molecular formula is C17H27NO2. The van der Waals surface area contributed by atoms with Gasteiger partial charge in [0.25, 0.3) is 0 Å². The molecule has 0 spiro atoms. The number of hydrogen-bond acceptors (Lipinski definition) is 3. The van der Waals surface area contributed by atoms with Crippen molar-refractivity contribution in [2.75, 3.05) is 26.7 Å². The number of aliphatic hydroxyl groups is 1. The Morgan fingerprint density at radius 2 is 1.90 bits per heavy atom. The molecule has 0 saturated carbocycles. The lowest BCUT2D eigenvalue weighted by Crippen LogP contribution is -2.29. The molecule has 0 radical (unpaired) electrons. The van der Waals surface area contributed by atoms with Gasteiger partial charge in [0, 0.05) is 6.42 Å². The summed E-state index contributed by atoms with van der Waals surface area (Å²) < 4.78 is 5.92. The highest BCUT2D eigenvalue weighted by atomic mass is 16.5. The van der Waals surface area contributed by atoms with Gasteiger partial charge in [0.05, 0.1) is 12.2 Å². The zero-order chi connectivity index (χ0) is 14.6. The molecule has 1 heterocycles. The van der Waals surface area contributed by atoms with Gasteiger partial charge in [-0.2, -0.15) is 0 Å². The van der Waals surface area contributed by atoms with Gasteiger partial charge in [-0.3, -0.25) is 0 Å². The summed E-state index contributed by atoms with van der Waals surface area (Å²) in [7, 11) is 2.18. The van der Waals surface area contributed by atoms with Crippen molar-refractivity contribution in [2.24, 2.45) is 0 Å². The average Bonchev–Trinajstić information content (AvgIpc) is 2.39. The molecule has 112 valence electrons. The molecule has 1 N–H and O–H groups in total. The number of likely N-dealkylation sites (tertiary alicyclic amines) is 1. The molecular weight excluding hydrogens is 250 g/mol. The Labute approximate surface area is 122 Å². The summed E-state index contributed by atoms with van der Waals surface area (Å²) in [6, 6.07) is 8.36. The lowest BCUT2D eigenvalue weighted by molar-refractivity contribution is 0.0551. The molecule has 1 aromatic carbocycles. The number of ether oxygens (including phenoxy) is 1. The van der Waals surface area contributed by atoms with Crippen molar-refractivity contribution in [1.29, 1.82) is 0 Å². The van der Waals surface area contributed by atoms with Crippen LogP contribution in [0.3, 0.4) is 0 Å². The fourth-order valence-electron chi connectivity index (χ4n) is 2.68. The number of hydrogen-bond donors (Lipinski definition) is 1. The Morgan fingerprint density at radius 1 is 1.25 bits per heavy atom. The van der Waals surface area contributed by atoms with Gasteiger partial charge in [-0.25, -0.2) is 0 Å². The monoisotopic (exact) mass is 277 g/mol. The standard InChI is InChI=1S/C17H27NO2/c1-17(2,19)10-13-20-16-7-5-4-6-15(16)14-8-11-18(3)12-9-14/h4-7,14,19H,8-13H2,1-3H3. The number of rotatable bonds is 5. The molecule has 0 aliphatic carbocycles. The quantitative estimate of drug-likeness (QED) is 0.898. The van der Waals surface area contributed by atoms with Gasteiger partial charge in [-0.15, -0.1) is 0 Å². The topological polar surface area (TPSA) is 32.7 Å². The summed E-state index contributed by atoms with van der Waals surface area (Å²) in [6.45, 7) is 6.51. The summed E-state index contributed by atoms with van der Waals surface area (Å²) in [5.41, 5.74) is 0.666. The van der Waals surface area contributed by atoms with Crippen LogP contribution in [-0.2, 0) is 0 Å². The normalized spacial score (nSPS) is 18.2. The van der Waals surface area contributed by atoms with Crippen molar-refractivity contribution in [3.8, 4) is 5.75 Å². The summed E-state index contributed by atoms with van der Waals surface area (Å²) >= 11 is 0. The van der Waals surface area contributed by atoms with Gasteiger partial charge < -0.3 is 14.7 Å². The van der Waals surface area contributed by atoms with Crippen LogP contribution in [-0.4, -0.2) is 42.4 Å². The summed E-state index contributed by atoms with van der Waals surface area (Å²) in [4.78, 5) is 2.38. The van der Waals surface area contributed by atoms with E-state index in [0.717, 1.165) is 18.8 Å². The summed E-state index contributed by atoms with van der Waals surface area (Å²) in [6.07, 6.45) is 3.04. The smallest absolute Gasteiger partial charge is 0.122 e. The zero-order valence-corrected chi connectivity index (χ0v) is 12.9. The van der Waals surface area contributed by atoms with Crippen LogP contribution < -0.4 is 4.74 Å². The van der Waals surface area contributed by atoms with E-state index in [-0.39, 0.29) is 0 Å². The van der Waals surface area contributed by atoms with Crippen molar-refractivity contribution in [2.45, 2.75) is 44.6 Å². The molecule has 0 unspecified atom stereocenters. The van der Waals surface area contributed by atoms with E-state index in [9.17, 15) is 5.11 Å². The molecule has 0 aromatic heterocycles. The molecule has 3 heteroatoms. The van der Waals surface area contributed by atoms with Gasteiger partial charge in [-0.1, -0.05) is 18.2 Å². The minimum atomic E-state index is -0.664. The third kappa shape index (κ3) is 4.50. The highest BCUT2D eigenvalue weighted by Crippen LogP contribution is 2.34. The lowest BCUT2D eigenvalue weighted by atomic mass is 9.89. The van der Waals surface area contributed by atoms with Gasteiger partial charge in [0.2, 0.25) is 0 Å². The van der Waals surface area contributed by atoms with Crippen molar-refractivity contribution in [1.82, 2.24) is 4.90 Å². The first kappa shape index (κ1) is 15.3. The minimum Gasteiger partial charge on any atom is -0.493 e. The van der Waals surface area contributed by atoms with Crippen molar-refractivity contribution < 1.29 is 9.84 Å². The number of benzene rings is 1. The highest BCUT2D eigenvalue weighted by molar-refractivity contribution is 5.36. The Kier molecular flexibility index (Phi) is 5.06. The van der Waals surface area contributed by atoms with Crippen LogP contribution >= 0.6 is 0 Å². The molecule has 3 nitrogen and oxygen atoms in total. The first-order valence-electron chi connectivity index (χ1n) is 7.58. The Bertz CT molecular complexity index is 417. The maximum atomic E-state index is 9.76. The number of piperidine rings is 1.